The molecular formula is C5H9LiN2O2. The molecule has 10 heavy (non-hydrogen) atoms. The molecule has 0 aromatic rings. The number of aliphatic carboxylic acids is 1. The first kappa shape index (κ1) is 12.2. The van der Waals surface area contributed by atoms with Gasteiger partial charge in [0.05, 0.1) is 0 Å². The monoisotopic (exact) mass is 136 g/mol. The van der Waals surface area contributed by atoms with Gasteiger partial charge in [-0.2, -0.15) is 0 Å². The van der Waals surface area contributed by atoms with Gasteiger partial charge in [0.2, 0.25) is 0 Å². The SMILES string of the molecule is CN=C(CC(=O)[O-])NC.[Li+]. The molecule has 0 aliphatic heterocycles. The van der Waals surface area contributed by atoms with Crippen LogP contribution in [0.2, 0.25) is 0 Å². The van der Waals surface area contributed by atoms with E-state index in [0.29, 0.717) is 5.84 Å². The Labute approximate surface area is 71.9 Å². The summed E-state index contributed by atoms with van der Waals surface area (Å²) >= 11 is 0. The first-order valence-electron chi connectivity index (χ1n) is 2.54. The molecular weight excluding hydrogens is 127 g/mol. The standard InChI is InChI=1S/C5H10N2O2.Li/c1-6-4(7-2)3-5(8)9;/h3H2,1-2H3,(H,6,7)(H,8,9);/q;+1/p-1. The largest absolute Gasteiger partial charge is 1.00 e. The van der Waals surface area contributed by atoms with E-state index in [9.17, 15) is 9.90 Å². The quantitative estimate of drug-likeness (QED) is 0.236. The summed E-state index contributed by atoms with van der Waals surface area (Å²) in [5.41, 5.74) is 0. The molecule has 0 heterocycles. The van der Waals surface area contributed by atoms with Crippen LogP contribution in [0.15, 0.2) is 4.99 Å². The Morgan fingerprint density at radius 3 is 2.30 bits per heavy atom. The zero-order valence-corrected chi connectivity index (χ0v) is 6.47. The van der Waals surface area contributed by atoms with Crippen molar-refractivity contribution < 1.29 is 28.8 Å². The van der Waals surface area contributed by atoms with Crippen molar-refractivity contribution in [3.05, 3.63) is 0 Å². The minimum absolute atomic E-state index is 0. The van der Waals surface area contributed by atoms with Crippen molar-refractivity contribution in [1.29, 1.82) is 0 Å². The third kappa shape index (κ3) is 5.67. The molecule has 0 aliphatic rings. The Morgan fingerprint density at radius 1 is 1.70 bits per heavy atom. The molecule has 0 unspecified atom stereocenters. The molecule has 0 atom stereocenters. The number of aliphatic imine (C=N–C) groups is 1. The summed E-state index contributed by atoms with van der Waals surface area (Å²) in [7, 11) is 3.14. The molecule has 0 bridgehead atoms. The number of nitrogens with zero attached hydrogens (tertiary/aromatic N) is 1. The summed E-state index contributed by atoms with van der Waals surface area (Å²) in [6.45, 7) is 0. The van der Waals surface area contributed by atoms with E-state index in [1.165, 1.54) is 7.05 Å². The summed E-state index contributed by atoms with van der Waals surface area (Å²) in [4.78, 5) is 13.5. The Hall–Kier alpha value is -0.463. The van der Waals surface area contributed by atoms with Gasteiger partial charge in [0.1, 0.15) is 5.84 Å². The molecule has 0 radical (unpaired) electrons. The number of nitrogens with one attached hydrogen (secondary N) is 1. The number of amidine groups is 1. The fraction of sp³-hybridized carbons (Fsp3) is 0.600. The van der Waals surface area contributed by atoms with Gasteiger partial charge in [-0.05, 0) is 0 Å². The van der Waals surface area contributed by atoms with E-state index >= 15 is 0 Å². The topological polar surface area (TPSA) is 64.5 Å². The minimum Gasteiger partial charge on any atom is -0.550 e. The van der Waals surface area contributed by atoms with Gasteiger partial charge < -0.3 is 15.2 Å². The van der Waals surface area contributed by atoms with E-state index < -0.39 is 5.97 Å². The number of carbonyl (C=O) groups excluding carboxylic acids is 1. The molecule has 0 saturated carbocycles. The maximum Gasteiger partial charge on any atom is 1.00 e. The van der Waals surface area contributed by atoms with Gasteiger partial charge in [-0.3, -0.25) is 4.99 Å². The van der Waals surface area contributed by atoms with Crippen LogP contribution in [0.3, 0.4) is 0 Å². The van der Waals surface area contributed by atoms with Crippen LogP contribution in [0.4, 0.5) is 0 Å². The van der Waals surface area contributed by atoms with E-state index in [4.69, 9.17) is 0 Å². The minimum atomic E-state index is -1.12. The van der Waals surface area contributed by atoms with Gasteiger partial charge in [-0.15, -0.1) is 0 Å². The maximum atomic E-state index is 9.90. The van der Waals surface area contributed by atoms with Crippen molar-refractivity contribution in [1.82, 2.24) is 5.32 Å². The summed E-state index contributed by atoms with van der Waals surface area (Å²) in [6.07, 6.45) is -0.146. The molecule has 0 aromatic carbocycles. The van der Waals surface area contributed by atoms with Crippen LogP contribution in [-0.4, -0.2) is 25.9 Å². The van der Waals surface area contributed by atoms with Crippen LogP contribution in [0.25, 0.3) is 0 Å². The number of carboxylic acid groups (broad SMARTS) is 1. The van der Waals surface area contributed by atoms with Crippen LogP contribution in [0.1, 0.15) is 6.42 Å². The van der Waals surface area contributed by atoms with E-state index in [-0.39, 0.29) is 25.3 Å². The second-order valence-electron chi connectivity index (χ2n) is 1.47. The Morgan fingerprint density at radius 2 is 2.20 bits per heavy atom. The molecule has 0 aromatic heterocycles. The third-order valence-corrected chi connectivity index (χ3v) is 0.870. The second-order valence-corrected chi connectivity index (χ2v) is 1.47. The van der Waals surface area contributed by atoms with Crippen molar-refractivity contribution in [2.45, 2.75) is 6.42 Å². The number of hydrogen-bond acceptors (Lipinski definition) is 3. The molecule has 0 saturated heterocycles. The van der Waals surface area contributed by atoms with Gasteiger partial charge in [0.25, 0.3) is 0 Å². The average molecular weight is 136 g/mol. The zero-order valence-electron chi connectivity index (χ0n) is 6.47. The van der Waals surface area contributed by atoms with Gasteiger partial charge in [0, 0.05) is 26.5 Å². The van der Waals surface area contributed by atoms with Gasteiger partial charge >= 0.3 is 18.9 Å². The molecule has 0 spiro atoms. The van der Waals surface area contributed by atoms with Gasteiger partial charge in [0.15, 0.2) is 0 Å². The van der Waals surface area contributed by atoms with E-state index in [2.05, 4.69) is 10.3 Å². The van der Waals surface area contributed by atoms with E-state index in [0.717, 1.165) is 0 Å². The molecule has 0 aliphatic carbocycles. The fourth-order valence-electron chi connectivity index (χ4n) is 0.416. The smallest absolute Gasteiger partial charge is 0.550 e. The van der Waals surface area contributed by atoms with Crippen molar-refractivity contribution in [3.8, 4) is 0 Å². The molecule has 5 heteroatoms. The number of carboxylic acids is 1. The summed E-state index contributed by atoms with van der Waals surface area (Å²) in [6, 6.07) is 0. The predicted octanol–water partition coefficient (Wildman–Crippen LogP) is -4.62. The zero-order chi connectivity index (χ0) is 7.28. The van der Waals surface area contributed by atoms with Gasteiger partial charge in [-0.1, -0.05) is 0 Å². The first-order chi connectivity index (χ1) is 4.20. The van der Waals surface area contributed by atoms with Crippen LogP contribution in [0.5, 0.6) is 0 Å². The Balaban J connectivity index is 0. The van der Waals surface area contributed by atoms with Gasteiger partial charge in [-0.25, -0.2) is 0 Å². The Kier molecular flexibility index (Phi) is 8.14. The van der Waals surface area contributed by atoms with Crippen LogP contribution < -0.4 is 29.3 Å². The average Bonchev–Trinajstić information content (AvgIpc) is 1.82. The summed E-state index contributed by atoms with van der Waals surface area (Å²) in [5, 5.41) is 12.5. The second kappa shape index (κ2) is 6.65. The van der Waals surface area contributed by atoms with Crippen LogP contribution >= 0.6 is 0 Å². The van der Waals surface area contributed by atoms with Crippen LogP contribution in [-0.2, 0) is 4.79 Å². The molecule has 0 fully saturated rings. The molecule has 1 N–H and O–H groups in total. The van der Waals surface area contributed by atoms with E-state index in [1.807, 2.05) is 0 Å². The van der Waals surface area contributed by atoms with Crippen molar-refractivity contribution in [3.63, 3.8) is 0 Å². The number of carbonyl (C=O) groups is 1. The predicted molar refractivity (Wildman–Crippen MR) is 32.0 cm³/mol. The summed E-state index contributed by atoms with van der Waals surface area (Å²) in [5.74, 6) is -0.694. The van der Waals surface area contributed by atoms with Crippen molar-refractivity contribution in [2.24, 2.45) is 4.99 Å². The molecule has 52 valence electrons. The normalized spacial score (nSPS) is 10.0. The molecule has 4 nitrogen and oxygen atoms in total. The fourth-order valence-corrected chi connectivity index (χ4v) is 0.416. The molecule has 0 amide bonds. The van der Waals surface area contributed by atoms with E-state index in [1.54, 1.807) is 7.05 Å². The number of rotatable bonds is 2. The van der Waals surface area contributed by atoms with Crippen molar-refractivity contribution in [2.75, 3.05) is 14.1 Å². The first-order valence-corrected chi connectivity index (χ1v) is 2.54. The molecule has 0 rings (SSSR count). The number of hydrogen-bond donors (Lipinski definition) is 1. The summed E-state index contributed by atoms with van der Waals surface area (Å²) < 4.78 is 0. The Bertz CT molecular complexity index is 136. The van der Waals surface area contributed by atoms with Crippen molar-refractivity contribution >= 4 is 11.8 Å². The maximum absolute atomic E-state index is 9.90. The van der Waals surface area contributed by atoms with Crippen LogP contribution in [0, 0.1) is 0 Å². The third-order valence-electron chi connectivity index (χ3n) is 0.870.